The zero-order valence-corrected chi connectivity index (χ0v) is 13.4. The highest BCUT2D eigenvalue weighted by Crippen LogP contribution is 2.16. The van der Waals surface area contributed by atoms with Crippen molar-refractivity contribution >= 4 is 21.8 Å². The van der Waals surface area contributed by atoms with Gasteiger partial charge in [0.25, 0.3) is 5.91 Å². The molecule has 0 spiro atoms. The molecule has 0 unspecified atom stereocenters. The molecular formula is C16H14BrF2NO2. The van der Waals surface area contributed by atoms with Crippen LogP contribution in [0.25, 0.3) is 0 Å². The van der Waals surface area contributed by atoms with Crippen LogP contribution < -0.4 is 4.74 Å². The lowest BCUT2D eigenvalue weighted by atomic mass is 10.2. The van der Waals surface area contributed by atoms with Gasteiger partial charge in [-0.3, -0.25) is 4.79 Å². The van der Waals surface area contributed by atoms with E-state index >= 15 is 0 Å². The van der Waals surface area contributed by atoms with Gasteiger partial charge in [0.2, 0.25) is 0 Å². The Kier molecular flexibility index (Phi) is 5.49. The predicted molar refractivity (Wildman–Crippen MR) is 83.0 cm³/mol. The van der Waals surface area contributed by atoms with E-state index in [4.69, 9.17) is 4.74 Å². The molecule has 0 atom stereocenters. The molecule has 0 aliphatic carbocycles. The third-order valence-corrected chi connectivity index (χ3v) is 3.49. The normalized spacial score (nSPS) is 10.4. The van der Waals surface area contributed by atoms with Crippen molar-refractivity contribution in [1.29, 1.82) is 0 Å². The van der Waals surface area contributed by atoms with Gasteiger partial charge in [0, 0.05) is 23.2 Å². The highest BCUT2D eigenvalue weighted by molar-refractivity contribution is 9.10. The SMILES string of the molecule is CN(CCOc1ccc(Br)cc1)C(=O)c1cc(F)cc(F)c1. The number of likely N-dealkylation sites (N-methyl/N-ethyl adjacent to an activating group) is 1. The van der Waals surface area contributed by atoms with Crippen LogP contribution in [-0.4, -0.2) is 31.0 Å². The van der Waals surface area contributed by atoms with Crippen LogP contribution in [0.2, 0.25) is 0 Å². The molecule has 3 nitrogen and oxygen atoms in total. The number of halogens is 3. The monoisotopic (exact) mass is 369 g/mol. The van der Waals surface area contributed by atoms with Gasteiger partial charge >= 0.3 is 0 Å². The first kappa shape index (κ1) is 16.4. The molecule has 0 saturated carbocycles. The van der Waals surface area contributed by atoms with Crippen molar-refractivity contribution in [1.82, 2.24) is 4.90 Å². The van der Waals surface area contributed by atoms with Gasteiger partial charge in [0.1, 0.15) is 24.0 Å². The lowest BCUT2D eigenvalue weighted by molar-refractivity contribution is 0.0772. The Balaban J connectivity index is 1.89. The van der Waals surface area contributed by atoms with E-state index in [9.17, 15) is 13.6 Å². The number of amides is 1. The molecule has 6 heteroatoms. The molecule has 2 rings (SSSR count). The maximum atomic E-state index is 13.1. The fourth-order valence-electron chi connectivity index (χ4n) is 1.83. The van der Waals surface area contributed by atoms with E-state index in [0.29, 0.717) is 12.3 Å². The summed E-state index contributed by atoms with van der Waals surface area (Å²) in [7, 11) is 1.55. The second-order valence-electron chi connectivity index (χ2n) is 4.69. The molecule has 0 fully saturated rings. The molecule has 2 aromatic carbocycles. The van der Waals surface area contributed by atoms with Crippen LogP contribution in [0.5, 0.6) is 5.75 Å². The van der Waals surface area contributed by atoms with Crippen LogP contribution in [0.1, 0.15) is 10.4 Å². The van der Waals surface area contributed by atoms with Crippen molar-refractivity contribution < 1.29 is 18.3 Å². The topological polar surface area (TPSA) is 29.5 Å². The maximum absolute atomic E-state index is 13.1. The molecule has 0 aromatic heterocycles. The van der Waals surface area contributed by atoms with Gasteiger partial charge in [-0.1, -0.05) is 15.9 Å². The van der Waals surface area contributed by atoms with E-state index in [2.05, 4.69) is 15.9 Å². The van der Waals surface area contributed by atoms with Gasteiger partial charge in [-0.25, -0.2) is 8.78 Å². The Hall–Kier alpha value is -1.95. The molecule has 2 aromatic rings. The Morgan fingerprint density at radius 2 is 1.73 bits per heavy atom. The summed E-state index contributed by atoms with van der Waals surface area (Å²) in [5.74, 6) is -1.33. The zero-order chi connectivity index (χ0) is 16.1. The second kappa shape index (κ2) is 7.35. The molecule has 0 saturated heterocycles. The minimum absolute atomic E-state index is 0.0244. The summed E-state index contributed by atoms with van der Waals surface area (Å²) in [6, 6.07) is 10.0. The van der Waals surface area contributed by atoms with Crippen molar-refractivity contribution in [3.63, 3.8) is 0 Å². The second-order valence-corrected chi connectivity index (χ2v) is 5.60. The van der Waals surface area contributed by atoms with Crippen molar-refractivity contribution in [3.05, 3.63) is 64.1 Å². The molecule has 0 aliphatic rings. The number of hydrogen-bond acceptors (Lipinski definition) is 2. The minimum atomic E-state index is -0.775. The van der Waals surface area contributed by atoms with Gasteiger partial charge < -0.3 is 9.64 Å². The standard InChI is InChI=1S/C16H14BrF2NO2/c1-20(6-7-22-15-4-2-12(17)3-5-15)16(21)11-8-13(18)10-14(19)9-11/h2-5,8-10H,6-7H2,1H3. The van der Waals surface area contributed by atoms with E-state index in [1.807, 2.05) is 12.1 Å². The van der Waals surface area contributed by atoms with E-state index in [-0.39, 0.29) is 12.2 Å². The number of rotatable bonds is 5. The number of ether oxygens (including phenoxy) is 1. The maximum Gasteiger partial charge on any atom is 0.253 e. The lowest BCUT2D eigenvalue weighted by Crippen LogP contribution is -2.31. The van der Waals surface area contributed by atoms with Gasteiger partial charge in [-0.2, -0.15) is 0 Å². The predicted octanol–water partition coefficient (Wildman–Crippen LogP) is 3.88. The lowest BCUT2D eigenvalue weighted by Gasteiger charge is -2.17. The Labute approximate surface area is 135 Å². The zero-order valence-electron chi connectivity index (χ0n) is 11.9. The number of carbonyl (C=O) groups excluding carboxylic acids is 1. The Bertz CT molecular complexity index is 641. The molecule has 0 N–H and O–H groups in total. The van der Waals surface area contributed by atoms with Crippen LogP contribution >= 0.6 is 15.9 Å². The van der Waals surface area contributed by atoms with Crippen LogP contribution in [0.3, 0.4) is 0 Å². The summed E-state index contributed by atoms with van der Waals surface area (Å²) in [5, 5.41) is 0. The molecular weight excluding hydrogens is 356 g/mol. The number of carbonyl (C=O) groups is 1. The van der Waals surface area contributed by atoms with Crippen LogP contribution in [-0.2, 0) is 0 Å². The average molecular weight is 370 g/mol. The quantitative estimate of drug-likeness (QED) is 0.800. The van der Waals surface area contributed by atoms with E-state index in [0.717, 1.165) is 22.7 Å². The Morgan fingerprint density at radius 1 is 1.14 bits per heavy atom. The third kappa shape index (κ3) is 4.53. The van der Waals surface area contributed by atoms with Crippen molar-refractivity contribution in [2.75, 3.05) is 20.2 Å². The third-order valence-electron chi connectivity index (χ3n) is 2.97. The smallest absolute Gasteiger partial charge is 0.253 e. The summed E-state index contributed by atoms with van der Waals surface area (Å²) in [4.78, 5) is 13.4. The van der Waals surface area contributed by atoms with Crippen molar-refractivity contribution in [3.8, 4) is 5.75 Å². The van der Waals surface area contributed by atoms with Crippen molar-refractivity contribution in [2.45, 2.75) is 0 Å². The Morgan fingerprint density at radius 3 is 2.32 bits per heavy atom. The average Bonchev–Trinajstić information content (AvgIpc) is 2.47. The van der Waals surface area contributed by atoms with Gasteiger partial charge in [-0.05, 0) is 36.4 Å². The first-order chi connectivity index (χ1) is 10.5. The van der Waals surface area contributed by atoms with E-state index in [1.165, 1.54) is 4.90 Å². The highest BCUT2D eigenvalue weighted by atomic mass is 79.9. The number of hydrogen-bond donors (Lipinski definition) is 0. The van der Waals surface area contributed by atoms with Crippen LogP contribution in [0.4, 0.5) is 8.78 Å². The summed E-state index contributed by atoms with van der Waals surface area (Å²) in [6.07, 6.45) is 0. The van der Waals surface area contributed by atoms with Gasteiger partial charge in [0.15, 0.2) is 0 Å². The fourth-order valence-corrected chi connectivity index (χ4v) is 2.09. The molecule has 22 heavy (non-hydrogen) atoms. The molecule has 116 valence electrons. The molecule has 1 amide bonds. The summed E-state index contributed by atoms with van der Waals surface area (Å²) >= 11 is 3.32. The van der Waals surface area contributed by atoms with Gasteiger partial charge in [0.05, 0.1) is 6.54 Å². The first-order valence-corrected chi connectivity index (χ1v) is 7.35. The molecule has 0 radical (unpaired) electrons. The first-order valence-electron chi connectivity index (χ1n) is 6.55. The largest absolute Gasteiger partial charge is 0.492 e. The fraction of sp³-hybridized carbons (Fsp3) is 0.188. The summed E-state index contributed by atoms with van der Waals surface area (Å²) < 4.78 is 32.7. The van der Waals surface area contributed by atoms with Crippen LogP contribution in [0, 0.1) is 11.6 Å². The summed E-state index contributed by atoms with van der Waals surface area (Å²) in [6.45, 7) is 0.578. The van der Waals surface area contributed by atoms with Crippen LogP contribution in [0.15, 0.2) is 46.9 Å². The van der Waals surface area contributed by atoms with E-state index < -0.39 is 17.5 Å². The number of benzene rings is 2. The van der Waals surface area contributed by atoms with Crippen molar-refractivity contribution in [2.24, 2.45) is 0 Å². The minimum Gasteiger partial charge on any atom is -0.492 e. The van der Waals surface area contributed by atoms with Gasteiger partial charge in [-0.15, -0.1) is 0 Å². The molecule has 0 heterocycles. The summed E-state index contributed by atoms with van der Waals surface area (Å²) in [5.41, 5.74) is -0.0244. The molecule has 0 bridgehead atoms. The molecule has 0 aliphatic heterocycles. The van der Waals surface area contributed by atoms with E-state index in [1.54, 1.807) is 19.2 Å². The number of nitrogens with zero attached hydrogens (tertiary/aromatic N) is 1. The highest BCUT2D eigenvalue weighted by Gasteiger charge is 2.14.